The van der Waals surface area contributed by atoms with Gasteiger partial charge in [-0.05, 0) is 19.1 Å². The average molecular weight is 300 g/mol. The molecule has 0 aliphatic carbocycles. The molecule has 2 atom stereocenters. The number of morpholine rings is 1. The van der Waals surface area contributed by atoms with Crippen molar-refractivity contribution in [3.63, 3.8) is 0 Å². The summed E-state index contributed by atoms with van der Waals surface area (Å²) in [5.74, 6) is 0.344. The molecule has 112 valence electrons. The molecule has 0 radical (unpaired) electrons. The lowest BCUT2D eigenvalue weighted by Crippen LogP contribution is -2.51. The highest BCUT2D eigenvalue weighted by Gasteiger charge is 2.33. The van der Waals surface area contributed by atoms with Gasteiger partial charge in [-0.15, -0.1) is 0 Å². The van der Waals surface area contributed by atoms with Crippen LogP contribution in [0.2, 0.25) is 0 Å². The Labute approximate surface area is 119 Å². The first-order chi connectivity index (χ1) is 9.46. The minimum atomic E-state index is -3.60. The van der Waals surface area contributed by atoms with Gasteiger partial charge < -0.3 is 15.2 Å². The van der Waals surface area contributed by atoms with E-state index in [0.29, 0.717) is 18.9 Å². The minimum Gasteiger partial charge on any atom is -0.495 e. The van der Waals surface area contributed by atoms with Crippen LogP contribution in [0.3, 0.4) is 0 Å². The molecule has 0 saturated carbocycles. The summed E-state index contributed by atoms with van der Waals surface area (Å²) < 4.78 is 37.4. The minimum absolute atomic E-state index is 0.174. The van der Waals surface area contributed by atoms with Crippen molar-refractivity contribution in [3.8, 4) is 5.75 Å². The van der Waals surface area contributed by atoms with Crippen molar-refractivity contribution in [2.24, 2.45) is 5.73 Å². The number of ether oxygens (including phenoxy) is 2. The van der Waals surface area contributed by atoms with E-state index in [-0.39, 0.29) is 23.6 Å². The fourth-order valence-electron chi connectivity index (χ4n) is 2.16. The summed E-state index contributed by atoms with van der Waals surface area (Å²) in [6, 6.07) is 6.38. The molecule has 1 heterocycles. The first-order valence-corrected chi connectivity index (χ1v) is 7.91. The summed E-state index contributed by atoms with van der Waals surface area (Å²) in [4.78, 5) is 0.174. The Kier molecular flexibility index (Phi) is 4.64. The van der Waals surface area contributed by atoms with Gasteiger partial charge in [-0.1, -0.05) is 12.1 Å². The molecule has 1 fully saturated rings. The smallest absolute Gasteiger partial charge is 0.246 e. The topological polar surface area (TPSA) is 81.9 Å². The molecule has 20 heavy (non-hydrogen) atoms. The van der Waals surface area contributed by atoms with E-state index in [2.05, 4.69) is 0 Å². The molecule has 0 amide bonds. The van der Waals surface area contributed by atoms with E-state index < -0.39 is 10.0 Å². The van der Waals surface area contributed by atoms with Crippen LogP contribution in [0, 0.1) is 0 Å². The molecule has 0 aromatic heterocycles. The van der Waals surface area contributed by atoms with Crippen molar-refractivity contribution in [1.29, 1.82) is 0 Å². The van der Waals surface area contributed by atoms with Crippen molar-refractivity contribution < 1.29 is 17.9 Å². The zero-order chi connectivity index (χ0) is 14.8. The van der Waals surface area contributed by atoms with Crippen LogP contribution in [0.15, 0.2) is 29.2 Å². The molecule has 0 spiro atoms. The number of methoxy groups -OCH3 is 1. The van der Waals surface area contributed by atoms with Crippen molar-refractivity contribution in [1.82, 2.24) is 4.31 Å². The van der Waals surface area contributed by atoms with Crippen LogP contribution >= 0.6 is 0 Å². The predicted molar refractivity (Wildman–Crippen MR) is 75.1 cm³/mol. The van der Waals surface area contributed by atoms with Gasteiger partial charge in [0.25, 0.3) is 0 Å². The Morgan fingerprint density at radius 3 is 2.80 bits per heavy atom. The largest absolute Gasteiger partial charge is 0.495 e. The Morgan fingerprint density at radius 1 is 1.45 bits per heavy atom. The van der Waals surface area contributed by atoms with Gasteiger partial charge in [-0.3, -0.25) is 0 Å². The van der Waals surface area contributed by atoms with Crippen LogP contribution < -0.4 is 10.5 Å². The Bertz CT molecular complexity index is 559. The molecule has 2 rings (SSSR count). The van der Waals surface area contributed by atoms with Gasteiger partial charge in [-0.25, -0.2) is 8.42 Å². The Hall–Kier alpha value is -1.15. The molecular weight excluding hydrogens is 280 g/mol. The first-order valence-electron chi connectivity index (χ1n) is 6.47. The van der Waals surface area contributed by atoms with Gasteiger partial charge in [0.05, 0.1) is 19.8 Å². The molecule has 7 heteroatoms. The molecule has 1 aliphatic heterocycles. The molecule has 2 N–H and O–H groups in total. The number of nitrogens with two attached hydrogens (primary N) is 1. The van der Waals surface area contributed by atoms with E-state index in [1.807, 2.05) is 6.92 Å². The second kappa shape index (κ2) is 6.09. The van der Waals surface area contributed by atoms with Gasteiger partial charge in [0.2, 0.25) is 10.0 Å². The number of hydrogen-bond acceptors (Lipinski definition) is 5. The fraction of sp³-hybridized carbons (Fsp3) is 0.538. The molecule has 1 aromatic carbocycles. The van der Waals surface area contributed by atoms with Crippen LogP contribution in [0.4, 0.5) is 0 Å². The van der Waals surface area contributed by atoms with Crippen LogP contribution in [-0.4, -0.2) is 51.7 Å². The van der Waals surface area contributed by atoms with Gasteiger partial charge in [-0.2, -0.15) is 4.31 Å². The molecule has 1 aliphatic rings. The van der Waals surface area contributed by atoms with E-state index >= 15 is 0 Å². The Morgan fingerprint density at radius 2 is 2.15 bits per heavy atom. The molecule has 0 bridgehead atoms. The lowest BCUT2D eigenvalue weighted by Gasteiger charge is -2.34. The molecule has 2 unspecified atom stereocenters. The van der Waals surface area contributed by atoms with E-state index in [1.165, 1.54) is 11.4 Å². The normalized spacial score (nSPS) is 22.4. The summed E-state index contributed by atoms with van der Waals surface area (Å²) >= 11 is 0. The summed E-state index contributed by atoms with van der Waals surface area (Å²) in [6.45, 7) is 2.74. The maximum Gasteiger partial charge on any atom is 0.246 e. The third-order valence-electron chi connectivity index (χ3n) is 3.33. The van der Waals surface area contributed by atoms with E-state index in [0.717, 1.165) is 0 Å². The van der Waals surface area contributed by atoms with Gasteiger partial charge in [0.15, 0.2) is 0 Å². The zero-order valence-corrected chi connectivity index (χ0v) is 12.5. The van der Waals surface area contributed by atoms with E-state index in [1.54, 1.807) is 24.3 Å². The van der Waals surface area contributed by atoms with Crippen molar-refractivity contribution in [3.05, 3.63) is 24.3 Å². The maximum absolute atomic E-state index is 12.7. The monoisotopic (exact) mass is 300 g/mol. The number of nitrogens with zero attached hydrogens (tertiary/aromatic N) is 1. The van der Waals surface area contributed by atoms with Crippen molar-refractivity contribution >= 4 is 10.0 Å². The zero-order valence-electron chi connectivity index (χ0n) is 11.7. The molecule has 1 saturated heterocycles. The number of para-hydroxylation sites is 1. The van der Waals surface area contributed by atoms with Crippen molar-refractivity contribution in [2.75, 3.05) is 26.8 Å². The predicted octanol–water partition coefficient (Wildman–Crippen LogP) is 0.432. The standard InChI is InChI=1S/C13H20N2O4S/c1-10(14)12-9-15(7-8-19-12)20(16,17)13-6-4-3-5-11(13)18-2/h3-6,10,12H,7-9,14H2,1-2H3. The highest BCUT2D eigenvalue weighted by molar-refractivity contribution is 7.89. The third-order valence-corrected chi connectivity index (χ3v) is 5.23. The summed E-state index contributed by atoms with van der Waals surface area (Å²) in [7, 11) is -2.14. The molecular formula is C13H20N2O4S. The quantitative estimate of drug-likeness (QED) is 0.872. The molecule has 1 aromatic rings. The number of rotatable bonds is 4. The second-order valence-electron chi connectivity index (χ2n) is 4.78. The highest BCUT2D eigenvalue weighted by Crippen LogP contribution is 2.27. The highest BCUT2D eigenvalue weighted by atomic mass is 32.2. The SMILES string of the molecule is COc1ccccc1S(=O)(=O)N1CCOC(C(C)N)C1. The van der Waals surface area contributed by atoms with Crippen LogP contribution in [0.5, 0.6) is 5.75 Å². The van der Waals surface area contributed by atoms with Crippen LogP contribution in [0.1, 0.15) is 6.92 Å². The van der Waals surface area contributed by atoms with E-state index in [4.69, 9.17) is 15.2 Å². The average Bonchev–Trinajstić information content (AvgIpc) is 2.47. The van der Waals surface area contributed by atoms with Crippen LogP contribution in [0.25, 0.3) is 0 Å². The third kappa shape index (κ3) is 2.95. The summed E-state index contributed by atoms with van der Waals surface area (Å²) in [5, 5.41) is 0. The Balaban J connectivity index is 2.30. The lowest BCUT2D eigenvalue weighted by molar-refractivity contribution is -0.0120. The number of benzene rings is 1. The van der Waals surface area contributed by atoms with Gasteiger partial charge in [0.1, 0.15) is 10.6 Å². The second-order valence-corrected chi connectivity index (χ2v) is 6.69. The number of hydrogen-bond donors (Lipinski definition) is 1. The molecule has 6 nitrogen and oxygen atoms in total. The van der Waals surface area contributed by atoms with E-state index in [9.17, 15) is 8.42 Å². The van der Waals surface area contributed by atoms with Gasteiger partial charge in [0, 0.05) is 19.1 Å². The first kappa shape index (κ1) is 15.2. The lowest BCUT2D eigenvalue weighted by atomic mass is 10.2. The van der Waals surface area contributed by atoms with Crippen molar-refractivity contribution in [2.45, 2.75) is 24.0 Å². The summed E-state index contributed by atoms with van der Waals surface area (Å²) in [6.07, 6.45) is -0.284. The fourth-order valence-corrected chi connectivity index (χ4v) is 3.75. The van der Waals surface area contributed by atoms with Gasteiger partial charge >= 0.3 is 0 Å². The maximum atomic E-state index is 12.7. The van der Waals surface area contributed by atoms with Crippen LogP contribution in [-0.2, 0) is 14.8 Å². The summed E-state index contributed by atoms with van der Waals surface area (Å²) in [5.41, 5.74) is 5.80. The number of sulfonamides is 1.